The highest BCUT2D eigenvalue weighted by Gasteiger charge is 2.27. The van der Waals surface area contributed by atoms with Crippen LogP contribution in [-0.4, -0.2) is 26.6 Å². The van der Waals surface area contributed by atoms with Gasteiger partial charge in [-0.1, -0.05) is 35.8 Å². The van der Waals surface area contributed by atoms with Crippen LogP contribution in [0.4, 0.5) is 0 Å². The third-order valence-corrected chi connectivity index (χ3v) is 5.98. The van der Waals surface area contributed by atoms with Crippen LogP contribution < -0.4 is 0 Å². The second kappa shape index (κ2) is 7.99. The molecule has 2 N–H and O–H groups in total. The van der Waals surface area contributed by atoms with Gasteiger partial charge in [0.1, 0.15) is 0 Å². The van der Waals surface area contributed by atoms with Crippen LogP contribution in [0.3, 0.4) is 0 Å². The number of aromatic nitrogens is 1. The Balaban J connectivity index is 1.64. The summed E-state index contributed by atoms with van der Waals surface area (Å²) in [6, 6.07) is 2.16. The first-order valence-electron chi connectivity index (χ1n) is 9.05. The van der Waals surface area contributed by atoms with Crippen LogP contribution in [0.25, 0.3) is 0 Å². The Bertz CT molecular complexity index is 896. The predicted octanol–water partition coefficient (Wildman–Crippen LogP) is 5.31. The highest BCUT2D eigenvalue weighted by molar-refractivity contribution is 6.36. The Morgan fingerprint density at radius 2 is 1.85 bits per heavy atom. The first kappa shape index (κ1) is 19.8. The maximum atomic E-state index is 9.97. The van der Waals surface area contributed by atoms with Crippen LogP contribution >= 0.6 is 23.2 Å². The number of aromatic hydroxyl groups is 2. The zero-order valence-electron chi connectivity index (χ0n) is 15.6. The molecular weight excluding hydrogens is 383 g/mol. The lowest BCUT2D eigenvalue weighted by molar-refractivity contribution is 0.308. The van der Waals surface area contributed by atoms with Gasteiger partial charge in [-0.2, -0.15) is 0 Å². The number of phenolic OH excluding ortho intramolecular Hbond substituents is 2. The number of pyridine rings is 1. The largest absolute Gasteiger partial charge is 0.503 e. The topological polar surface area (TPSA) is 56.6 Å². The Kier molecular flexibility index (Phi) is 5.87. The SMILES string of the molecule is C=C(CCCc1ncc(C)cc1C)N1CCc2c(Cl)c(O)c(O)c(Cl)c2C1. The summed E-state index contributed by atoms with van der Waals surface area (Å²) >= 11 is 12.4. The average molecular weight is 407 g/mol. The second-order valence-corrected chi connectivity index (χ2v) is 7.91. The molecule has 0 unspecified atom stereocenters. The lowest BCUT2D eigenvalue weighted by Crippen LogP contribution is -2.30. The summed E-state index contributed by atoms with van der Waals surface area (Å²) < 4.78 is 0. The van der Waals surface area contributed by atoms with E-state index in [4.69, 9.17) is 23.2 Å². The number of hydrogen-bond acceptors (Lipinski definition) is 4. The van der Waals surface area contributed by atoms with E-state index in [9.17, 15) is 10.2 Å². The molecule has 1 aliphatic heterocycles. The molecule has 0 radical (unpaired) electrons. The van der Waals surface area contributed by atoms with Gasteiger partial charge in [-0.05, 0) is 61.8 Å². The molecule has 4 nitrogen and oxygen atoms in total. The quantitative estimate of drug-likeness (QED) is 0.660. The molecule has 0 bridgehead atoms. The number of nitrogens with zero attached hydrogens (tertiary/aromatic N) is 2. The summed E-state index contributed by atoms with van der Waals surface area (Å²) in [5, 5.41) is 20.2. The minimum Gasteiger partial charge on any atom is -0.503 e. The summed E-state index contributed by atoms with van der Waals surface area (Å²) in [4.78, 5) is 6.69. The van der Waals surface area contributed by atoms with Crippen molar-refractivity contribution in [3.8, 4) is 11.5 Å². The molecule has 0 spiro atoms. The normalized spacial score (nSPS) is 13.6. The first-order valence-corrected chi connectivity index (χ1v) is 9.80. The van der Waals surface area contributed by atoms with E-state index in [1.54, 1.807) is 0 Å². The summed E-state index contributed by atoms with van der Waals surface area (Å²) in [6.45, 7) is 9.66. The van der Waals surface area contributed by atoms with Crippen molar-refractivity contribution in [2.45, 2.75) is 46.1 Å². The molecule has 1 aromatic carbocycles. The minimum atomic E-state index is -0.353. The summed E-state index contributed by atoms with van der Waals surface area (Å²) in [7, 11) is 0. The van der Waals surface area contributed by atoms with E-state index >= 15 is 0 Å². The zero-order valence-corrected chi connectivity index (χ0v) is 17.2. The Morgan fingerprint density at radius 3 is 2.52 bits per heavy atom. The van der Waals surface area contributed by atoms with E-state index in [1.165, 1.54) is 11.1 Å². The molecule has 6 heteroatoms. The van der Waals surface area contributed by atoms with Crippen molar-refractivity contribution in [2.75, 3.05) is 6.54 Å². The number of allylic oxidation sites excluding steroid dienone is 1. The van der Waals surface area contributed by atoms with Crippen molar-refractivity contribution in [1.82, 2.24) is 9.88 Å². The van der Waals surface area contributed by atoms with Gasteiger partial charge in [-0.15, -0.1) is 0 Å². The molecule has 0 aliphatic carbocycles. The van der Waals surface area contributed by atoms with Crippen LogP contribution in [0, 0.1) is 13.8 Å². The number of phenols is 2. The average Bonchev–Trinajstić information content (AvgIpc) is 2.65. The van der Waals surface area contributed by atoms with Crippen molar-refractivity contribution in [2.24, 2.45) is 0 Å². The summed E-state index contributed by atoms with van der Waals surface area (Å²) in [6.07, 6.45) is 5.30. The van der Waals surface area contributed by atoms with Gasteiger partial charge < -0.3 is 15.1 Å². The number of fused-ring (bicyclic) bond motifs is 1. The fourth-order valence-electron chi connectivity index (χ4n) is 3.59. The molecule has 2 heterocycles. The van der Waals surface area contributed by atoms with Crippen molar-refractivity contribution < 1.29 is 10.2 Å². The van der Waals surface area contributed by atoms with Crippen molar-refractivity contribution in [3.63, 3.8) is 0 Å². The van der Waals surface area contributed by atoms with Gasteiger partial charge >= 0.3 is 0 Å². The van der Waals surface area contributed by atoms with Crippen molar-refractivity contribution in [1.29, 1.82) is 0 Å². The maximum Gasteiger partial charge on any atom is 0.178 e. The van der Waals surface area contributed by atoms with Crippen LogP contribution in [0.2, 0.25) is 10.0 Å². The molecule has 1 aromatic heterocycles. The highest BCUT2D eigenvalue weighted by atomic mass is 35.5. The van der Waals surface area contributed by atoms with Crippen LogP contribution in [0.5, 0.6) is 11.5 Å². The standard InChI is InChI=1S/C21H24Cl2N2O2/c1-12-9-13(2)17(24-10-12)6-4-5-14(3)25-8-7-15-16(11-25)19(23)21(27)20(26)18(15)22/h9-10,26-27H,3-8,11H2,1-2H3. The minimum absolute atomic E-state index is 0.170. The molecule has 3 rings (SSSR count). The molecule has 144 valence electrons. The van der Waals surface area contributed by atoms with Crippen LogP contribution in [-0.2, 0) is 19.4 Å². The van der Waals surface area contributed by atoms with E-state index < -0.39 is 0 Å². The summed E-state index contributed by atoms with van der Waals surface area (Å²) in [5.41, 5.74) is 6.14. The van der Waals surface area contributed by atoms with Gasteiger partial charge in [0, 0.05) is 30.7 Å². The number of aryl methyl sites for hydroxylation is 3. The molecule has 27 heavy (non-hydrogen) atoms. The predicted molar refractivity (Wildman–Crippen MR) is 110 cm³/mol. The van der Waals surface area contributed by atoms with E-state index in [0.29, 0.717) is 13.0 Å². The molecule has 0 saturated heterocycles. The third kappa shape index (κ3) is 4.02. The van der Waals surface area contributed by atoms with E-state index in [0.717, 1.165) is 48.3 Å². The molecule has 2 aromatic rings. The monoisotopic (exact) mass is 406 g/mol. The van der Waals surface area contributed by atoms with E-state index in [1.807, 2.05) is 6.20 Å². The molecule has 0 fully saturated rings. The zero-order chi connectivity index (χ0) is 19.7. The molecule has 0 saturated carbocycles. The maximum absolute atomic E-state index is 9.97. The molecule has 0 amide bonds. The Hall–Kier alpha value is -1.91. The number of benzene rings is 1. The first-order chi connectivity index (χ1) is 12.8. The lowest BCUT2D eigenvalue weighted by Gasteiger charge is -2.33. The fourth-order valence-corrected chi connectivity index (χ4v) is 4.16. The Morgan fingerprint density at radius 1 is 1.19 bits per heavy atom. The van der Waals surface area contributed by atoms with Gasteiger partial charge in [0.25, 0.3) is 0 Å². The molecule has 0 atom stereocenters. The van der Waals surface area contributed by atoms with Gasteiger partial charge in [0.2, 0.25) is 0 Å². The highest BCUT2D eigenvalue weighted by Crippen LogP contribution is 2.46. The van der Waals surface area contributed by atoms with Gasteiger partial charge in [-0.25, -0.2) is 0 Å². The van der Waals surface area contributed by atoms with Crippen LogP contribution in [0.1, 0.15) is 40.8 Å². The third-order valence-electron chi connectivity index (χ3n) is 5.16. The smallest absolute Gasteiger partial charge is 0.178 e. The lowest BCUT2D eigenvalue weighted by atomic mass is 9.97. The number of halogens is 2. The van der Waals surface area contributed by atoms with Gasteiger partial charge in [0.05, 0.1) is 10.0 Å². The second-order valence-electron chi connectivity index (χ2n) is 7.15. The van der Waals surface area contributed by atoms with E-state index in [-0.39, 0.29) is 21.5 Å². The van der Waals surface area contributed by atoms with E-state index in [2.05, 4.69) is 36.4 Å². The molecular formula is C21H24Cl2N2O2. The fraction of sp³-hybridized carbons (Fsp3) is 0.381. The summed E-state index contributed by atoms with van der Waals surface area (Å²) in [5.74, 6) is -0.692. The van der Waals surface area contributed by atoms with Crippen LogP contribution in [0.15, 0.2) is 24.5 Å². The van der Waals surface area contributed by atoms with Crippen molar-refractivity contribution in [3.05, 3.63) is 62.5 Å². The van der Waals surface area contributed by atoms with Gasteiger partial charge in [-0.3, -0.25) is 4.98 Å². The van der Waals surface area contributed by atoms with Crippen molar-refractivity contribution >= 4 is 23.2 Å². The number of hydrogen-bond donors (Lipinski definition) is 2. The van der Waals surface area contributed by atoms with Gasteiger partial charge in [0.15, 0.2) is 11.5 Å². The molecule has 1 aliphatic rings. The Labute approximate surface area is 170 Å². The number of rotatable bonds is 5.